The molecule has 0 bridgehead atoms. The van der Waals surface area contributed by atoms with Crippen LogP contribution in [0.5, 0.6) is 5.75 Å². The number of carbonyl (C=O) groups is 1. The van der Waals surface area contributed by atoms with Gasteiger partial charge in [-0.05, 0) is 12.1 Å². The molecule has 0 fully saturated rings. The summed E-state index contributed by atoms with van der Waals surface area (Å²) in [6, 6.07) is 3.08. The lowest BCUT2D eigenvalue weighted by molar-refractivity contribution is -0.120. The molecule has 0 saturated heterocycles. The molecule has 1 amide bonds. The summed E-state index contributed by atoms with van der Waals surface area (Å²) in [5.41, 5.74) is 0. The number of nitrogens with one attached hydrogen (secondary N) is 1. The predicted octanol–water partition coefficient (Wildman–Crippen LogP) is 1.87. The number of halogens is 2. The Hall–Kier alpha value is -1.65. The largest absolute Gasteiger partial charge is 0.489 e. The highest BCUT2D eigenvalue weighted by Gasteiger charge is 2.04. The summed E-state index contributed by atoms with van der Waals surface area (Å²) in [5, 5.41) is 2.57. The zero-order chi connectivity index (χ0) is 12.0. The Morgan fingerprint density at radius 2 is 2.19 bits per heavy atom. The molecule has 0 unspecified atom stereocenters. The van der Waals surface area contributed by atoms with E-state index in [9.17, 15) is 13.6 Å². The van der Waals surface area contributed by atoms with E-state index in [4.69, 9.17) is 4.74 Å². The van der Waals surface area contributed by atoms with E-state index in [-0.39, 0.29) is 18.3 Å². The Morgan fingerprint density at radius 3 is 2.81 bits per heavy atom. The second kappa shape index (κ2) is 6.05. The number of amides is 1. The van der Waals surface area contributed by atoms with Crippen LogP contribution in [0.15, 0.2) is 18.2 Å². The molecular weight excluding hydrogens is 216 g/mol. The molecule has 1 N–H and O–H groups in total. The second-order valence-corrected chi connectivity index (χ2v) is 3.13. The number of rotatable bonds is 5. The highest BCUT2D eigenvalue weighted by molar-refractivity contribution is 5.75. The Balaban J connectivity index is 2.35. The molecule has 0 aliphatic rings. The smallest absolute Gasteiger partial charge is 0.219 e. The van der Waals surface area contributed by atoms with Crippen molar-refractivity contribution in [2.45, 2.75) is 13.3 Å². The van der Waals surface area contributed by atoms with E-state index in [0.29, 0.717) is 13.0 Å². The number of benzene rings is 1. The molecular formula is C11H13F2NO2. The maximum absolute atomic E-state index is 13.1. The first-order chi connectivity index (χ1) is 7.63. The van der Waals surface area contributed by atoms with Gasteiger partial charge >= 0.3 is 0 Å². The van der Waals surface area contributed by atoms with E-state index in [1.807, 2.05) is 0 Å². The van der Waals surface area contributed by atoms with Crippen molar-refractivity contribution in [2.75, 3.05) is 13.2 Å². The predicted molar refractivity (Wildman–Crippen MR) is 55.2 cm³/mol. The number of hydrogen-bond acceptors (Lipinski definition) is 2. The van der Waals surface area contributed by atoms with Crippen LogP contribution in [0.1, 0.15) is 13.3 Å². The van der Waals surface area contributed by atoms with Crippen molar-refractivity contribution in [3.63, 3.8) is 0 Å². The Labute approximate surface area is 92.4 Å². The van der Waals surface area contributed by atoms with Gasteiger partial charge in [0.2, 0.25) is 5.91 Å². The van der Waals surface area contributed by atoms with Crippen molar-refractivity contribution in [2.24, 2.45) is 0 Å². The average molecular weight is 229 g/mol. The van der Waals surface area contributed by atoms with Gasteiger partial charge in [-0.1, -0.05) is 6.92 Å². The van der Waals surface area contributed by atoms with Crippen LogP contribution in [0.25, 0.3) is 0 Å². The SMILES string of the molecule is CCC(=O)NCCOc1ccc(F)cc1F. The summed E-state index contributed by atoms with van der Waals surface area (Å²) in [6.07, 6.45) is 0.394. The quantitative estimate of drug-likeness (QED) is 0.783. The fourth-order valence-corrected chi connectivity index (χ4v) is 1.07. The molecule has 0 aliphatic heterocycles. The van der Waals surface area contributed by atoms with Crippen molar-refractivity contribution in [1.82, 2.24) is 5.32 Å². The summed E-state index contributed by atoms with van der Waals surface area (Å²) in [7, 11) is 0. The topological polar surface area (TPSA) is 38.3 Å². The summed E-state index contributed by atoms with van der Waals surface area (Å²) in [4.78, 5) is 10.8. The minimum atomic E-state index is -0.748. The lowest BCUT2D eigenvalue weighted by Gasteiger charge is -2.07. The van der Waals surface area contributed by atoms with Gasteiger partial charge in [0.15, 0.2) is 11.6 Å². The van der Waals surface area contributed by atoms with E-state index < -0.39 is 11.6 Å². The molecule has 0 aromatic heterocycles. The first-order valence-electron chi connectivity index (χ1n) is 4.98. The lowest BCUT2D eigenvalue weighted by atomic mass is 10.3. The summed E-state index contributed by atoms with van der Waals surface area (Å²) in [5.74, 6) is -1.51. The first-order valence-corrected chi connectivity index (χ1v) is 4.98. The van der Waals surface area contributed by atoms with Crippen molar-refractivity contribution in [3.8, 4) is 5.75 Å². The van der Waals surface area contributed by atoms with Crippen LogP contribution in [0.4, 0.5) is 8.78 Å². The standard InChI is InChI=1S/C11H13F2NO2/c1-2-11(15)14-5-6-16-10-4-3-8(12)7-9(10)13/h3-4,7H,2,5-6H2,1H3,(H,14,15). The average Bonchev–Trinajstić information content (AvgIpc) is 2.26. The Morgan fingerprint density at radius 1 is 1.44 bits per heavy atom. The molecule has 5 heteroatoms. The summed E-state index contributed by atoms with van der Waals surface area (Å²) in [6.45, 7) is 2.17. The van der Waals surface area contributed by atoms with Crippen molar-refractivity contribution < 1.29 is 18.3 Å². The number of carbonyl (C=O) groups excluding carboxylic acids is 1. The van der Waals surface area contributed by atoms with Crippen LogP contribution in [0, 0.1) is 11.6 Å². The van der Waals surface area contributed by atoms with Crippen LogP contribution in [0.2, 0.25) is 0 Å². The van der Waals surface area contributed by atoms with E-state index >= 15 is 0 Å². The molecule has 0 aliphatic carbocycles. The molecule has 0 spiro atoms. The molecule has 1 aromatic rings. The monoisotopic (exact) mass is 229 g/mol. The Kier molecular flexibility index (Phi) is 4.69. The third kappa shape index (κ3) is 3.84. The molecule has 0 heterocycles. The van der Waals surface area contributed by atoms with E-state index in [0.717, 1.165) is 12.1 Å². The van der Waals surface area contributed by atoms with Gasteiger partial charge in [0, 0.05) is 12.5 Å². The molecule has 0 radical (unpaired) electrons. The van der Waals surface area contributed by atoms with E-state index in [2.05, 4.69) is 5.32 Å². The molecule has 88 valence electrons. The van der Waals surface area contributed by atoms with Crippen molar-refractivity contribution >= 4 is 5.91 Å². The van der Waals surface area contributed by atoms with Gasteiger partial charge in [-0.3, -0.25) is 4.79 Å². The highest BCUT2D eigenvalue weighted by atomic mass is 19.1. The summed E-state index contributed by atoms with van der Waals surface area (Å²) < 4.78 is 30.6. The maximum atomic E-state index is 13.1. The fourth-order valence-electron chi connectivity index (χ4n) is 1.07. The van der Waals surface area contributed by atoms with Gasteiger partial charge in [-0.2, -0.15) is 0 Å². The fraction of sp³-hybridized carbons (Fsp3) is 0.364. The van der Waals surface area contributed by atoms with Crippen LogP contribution in [-0.2, 0) is 4.79 Å². The zero-order valence-corrected chi connectivity index (χ0v) is 8.93. The normalized spacial score (nSPS) is 9.94. The zero-order valence-electron chi connectivity index (χ0n) is 8.93. The van der Waals surface area contributed by atoms with Crippen molar-refractivity contribution in [3.05, 3.63) is 29.8 Å². The van der Waals surface area contributed by atoms with Gasteiger partial charge in [0.1, 0.15) is 12.4 Å². The minimum Gasteiger partial charge on any atom is -0.489 e. The van der Waals surface area contributed by atoms with Gasteiger partial charge in [0.25, 0.3) is 0 Å². The van der Waals surface area contributed by atoms with Gasteiger partial charge in [0.05, 0.1) is 6.54 Å². The molecule has 0 saturated carbocycles. The number of hydrogen-bond donors (Lipinski definition) is 1. The molecule has 1 rings (SSSR count). The molecule has 16 heavy (non-hydrogen) atoms. The summed E-state index contributed by atoms with van der Waals surface area (Å²) >= 11 is 0. The highest BCUT2D eigenvalue weighted by Crippen LogP contribution is 2.17. The first kappa shape index (κ1) is 12.4. The van der Waals surface area contributed by atoms with E-state index in [1.54, 1.807) is 6.92 Å². The molecule has 0 atom stereocenters. The third-order valence-corrected chi connectivity index (χ3v) is 1.90. The van der Waals surface area contributed by atoms with E-state index in [1.165, 1.54) is 6.07 Å². The molecule has 3 nitrogen and oxygen atoms in total. The van der Waals surface area contributed by atoms with Crippen LogP contribution in [-0.4, -0.2) is 19.1 Å². The van der Waals surface area contributed by atoms with Gasteiger partial charge < -0.3 is 10.1 Å². The molecule has 1 aromatic carbocycles. The van der Waals surface area contributed by atoms with Gasteiger partial charge in [-0.25, -0.2) is 8.78 Å². The maximum Gasteiger partial charge on any atom is 0.219 e. The number of ether oxygens (including phenoxy) is 1. The van der Waals surface area contributed by atoms with Crippen molar-refractivity contribution in [1.29, 1.82) is 0 Å². The van der Waals surface area contributed by atoms with Gasteiger partial charge in [-0.15, -0.1) is 0 Å². The Bertz CT molecular complexity index is 369. The van der Waals surface area contributed by atoms with Crippen LogP contribution < -0.4 is 10.1 Å². The second-order valence-electron chi connectivity index (χ2n) is 3.13. The van der Waals surface area contributed by atoms with Crippen LogP contribution >= 0.6 is 0 Å². The lowest BCUT2D eigenvalue weighted by Crippen LogP contribution is -2.27. The minimum absolute atomic E-state index is 0.0212. The van der Waals surface area contributed by atoms with Crippen LogP contribution in [0.3, 0.4) is 0 Å². The third-order valence-electron chi connectivity index (χ3n) is 1.90.